The van der Waals surface area contributed by atoms with Crippen molar-refractivity contribution in [1.29, 1.82) is 0 Å². The Balaban J connectivity index is 1.77. The average Bonchev–Trinajstić information content (AvgIpc) is 2.66. The highest BCUT2D eigenvalue weighted by molar-refractivity contribution is 8.00. The number of hydrogen-bond acceptors (Lipinski definition) is 6. The van der Waals surface area contributed by atoms with E-state index < -0.39 is 17.6 Å². The van der Waals surface area contributed by atoms with Gasteiger partial charge in [0.15, 0.2) is 0 Å². The fourth-order valence-electron chi connectivity index (χ4n) is 2.86. The van der Waals surface area contributed by atoms with Crippen LogP contribution in [0.2, 0.25) is 25.1 Å². The van der Waals surface area contributed by atoms with Crippen molar-refractivity contribution >= 4 is 93.6 Å². The van der Waals surface area contributed by atoms with Gasteiger partial charge in [-0.15, -0.1) is 11.8 Å². The fourth-order valence-corrected chi connectivity index (χ4v) is 6.58. The number of ether oxygens (including phenoxy) is 1. The molecule has 2 heterocycles. The summed E-state index contributed by atoms with van der Waals surface area (Å²) in [4.78, 5) is 27.4. The minimum absolute atomic E-state index is 0.0639. The fraction of sp³-hybridized carbons (Fsp3) is 0.444. The smallest absolute Gasteiger partial charge is 0.355 e. The summed E-state index contributed by atoms with van der Waals surface area (Å²) in [6.45, 7) is 7.17. The molecule has 3 rings (SSSR count). The molecule has 1 N–H and O–H groups in total. The quantitative estimate of drug-likeness (QED) is 0.153. The van der Waals surface area contributed by atoms with Crippen LogP contribution in [-0.4, -0.2) is 39.5 Å². The minimum atomic E-state index is -0.660. The molecule has 2 aliphatic heterocycles. The van der Waals surface area contributed by atoms with Crippen LogP contribution >= 0.6 is 81.7 Å². The van der Waals surface area contributed by atoms with Gasteiger partial charge >= 0.3 is 5.97 Å². The summed E-state index contributed by atoms with van der Waals surface area (Å²) in [5.74, 6) is -0.156. The molecule has 5 nitrogen and oxygen atoms in total. The molecule has 0 saturated carbocycles. The third kappa shape index (κ3) is 4.55. The van der Waals surface area contributed by atoms with Gasteiger partial charge in [0, 0.05) is 5.75 Å². The molecular weight excluding hydrogens is 534 g/mol. The predicted molar refractivity (Wildman–Crippen MR) is 126 cm³/mol. The molecule has 2 atom stereocenters. The number of β-lactam (4-membered cyclic amide) rings is 1. The SMILES string of the molecule is CC1=C(C(=O)OC(C)(C)C)N2C(=O)[C@@H](NSc3c(Cl)c(Cl)c(Cl)c(Cl)c3Cl)[C@@H]2SC1. The molecule has 0 unspecified atom stereocenters. The molecule has 12 heteroatoms. The Morgan fingerprint density at radius 2 is 1.63 bits per heavy atom. The molecule has 1 saturated heterocycles. The zero-order valence-electron chi connectivity index (χ0n) is 16.2. The molecule has 0 aliphatic carbocycles. The first kappa shape index (κ1) is 24.6. The Labute approximate surface area is 208 Å². The lowest BCUT2D eigenvalue weighted by Crippen LogP contribution is -2.68. The molecule has 0 aromatic heterocycles. The highest BCUT2D eigenvalue weighted by atomic mass is 35.5. The Morgan fingerprint density at radius 3 is 2.17 bits per heavy atom. The number of amides is 1. The van der Waals surface area contributed by atoms with E-state index >= 15 is 0 Å². The van der Waals surface area contributed by atoms with Crippen LogP contribution in [0.3, 0.4) is 0 Å². The minimum Gasteiger partial charge on any atom is -0.455 e. The van der Waals surface area contributed by atoms with Crippen molar-refractivity contribution in [3.8, 4) is 0 Å². The second-order valence-electron chi connectivity index (χ2n) is 7.64. The van der Waals surface area contributed by atoms with E-state index in [0.717, 1.165) is 17.5 Å². The number of fused-ring (bicyclic) bond motifs is 1. The lowest BCUT2D eigenvalue weighted by atomic mass is 10.0. The number of halogens is 5. The third-order valence-electron chi connectivity index (χ3n) is 4.21. The molecule has 1 fully saturated rings. The largest absolute Gasteiger partial charge is 0.455 e. The molecule has 0 radical (unpaired) electrons. The van der Waals surface area contributed by atoms with E-state index in [1.54, 1.807) is 32.5 Å². The van der Waals surface area contributed by atoms with Gasteiger partial charge in [-0.05, 0) is 45.2 Å². The lowest BCUT2D eigenvalue weighted by Gasteiger charge is -2.49. The van der Waals surface area contributed by atoms with Gasteiger partial charge in [0.25, 0.3) is 0 Å². The van der Waals surface area contributed by atoms with Gasteiger partial charge in [-0.3, -0.25) is 9.69 Å². The number of benzene rings is 1. The van der Waals surface area contributed by atoms with Gasteiger partial charge in [-0.25, -0.2) is 9.52 Å². The number of carbonyl (C=O) groups excluding carboxylic acids is 2. The van der Waals surface area contributed by atoms with Gasteiger partial charge in [0.2, 0.25) is 5.91 Å². The summed E-state index contributed by atoms with van der Waals surface area (Å²) in [6.07, 6.45) is 0. The van der Waals surface area contributed by atoms with Crippen LogP contribution in [0.25, 0.3) is 0 Å². The Bertz CT molecular complexity index is 935. The van der Waals surface area contributed by atoms with Crippen LogP contribution in [-0.2, 0) is 14.3 Å². The van der Waals surface area contributed by atoms with Crippen molar-refractivity contribution in [2.75, 3.05) is 5.75 Å². The maximum atomic E-state index is 12.9. The number of rotatable bonds is 4. The molecule has 1 amide bonds. The zero-order valence-corrected chi connectivity index (χ0v) is 21.7. The molecule has 30 heavy (non-hydrogen) atoms. The van der Waals surface area contributed by atoms with Crippen LogP contribution in [0.15, 0.2) is 16.2 Å². The van der Waals surface area contributed by atoms with E-state index in [2.05, 4.69) is 4.72 Å². The van der Waals surface area contributed by atoms with E-state index in [1.807, 2.05) is 6.92 Å². The van der Waals surface area contributed by atoms with Gasteiger partial charge < -0.3 is 4.74 Å². The normalized spacial score (nSPS) is 21.5. The second-order valence-corrected chi connectivity index (χ2v) is 11.5. The standard InChI is InChI=1S/C18H17Cl5N2O3S2/c1-6-5-29-16-12(15(26)25(16)13(6)17(27)28-18(2,3)4)24-30-14-10(22)8(20)7(19)9(21)11(14)23/h12,16,24H,5H2,1-4H3/t12-,16+/m1/s1. The zero-order chi connectivity index (χ0) is 22.5. The summed E-state index contributed by atoms with van der Waals surface area (Å²) in [5, 5.41) is 0.228. The highest BCUT2D eigenvalue weighted by Crippen LogP contribution is 2.48. The molecule has 0 spiro atoms. The first-order chi connectivity index (χ1) is 13.8. The van der Waals surface area contributed by atoms with Crippen molar-refractivity contribution < 1.29 is 14.3 Å². The maximum Gasteiger partial charge on any atom is 0.355 e. The monoisotopic (exact) mass is 548 g/mol. The summed E-state index contributed by atoms with van der Waals surface area (Å²) in [5.41, 5.74) is 0.439. The van der Waals surface area contributed by atoms with Crippen LogP contribution in [0.5, 0.6) is 0 Å². The summed E-state index contributed by atoms with van der Waals surface area (Å²) < 4.78 is 8.54. The van der Waals surface area contributed by atoms with E-state index in [1.165, 1.54) is 4.90 Å². The number of esters is 1. The summed E-state index contributed by atoms with van der Waals surface area (Å²) in [7, 11) is 0. The van der Waals surface area contributed by atoms with E-state index in [-0.39, 0.29) is 36.4 Å². The number of nitrogens with zero attached hydrogens (tertiary/aromatic N) is 1. The van der Waals surface area contributed by atoms with E-state index in [9.17, 15) is 9.59 Å². The molecule has 2 aliphatic rings. The van der Waals surface area contributed by atoms with Crippen molar-refractivity contribution in [2.45, 2.75) is 49.6 Å². The van der Waals surface area contributed by atoms with Crippen molar-refractivity contribution in [3.05, 3.63) is 36.4 Å². The number of thioether (sulfide) groups is 1. The topological polar surface area (TPSA) is 58.6 Å². The number of carbonyl (C=O) groups is 2. The van der Waals surface area contributed by atoms with Crippen LogP contribution in [0.1, 0.15) is 27.7 Å². The highest BCUT2D eigenvalue weighted by Gasteiger charge is 2.53. The number of hydrogen-bond donors (Lipinski definition) is 1. The van der Waals surface area contributed by atoms with Gasteiger partial charge in [0.05, 0.1) is 30.0 Å². The van der Waals surface area contributed by atoms with Gasteiger partial charge in [-0.1, -0.05) is 58.0 Å². The maximum absolute atomic E-state index is 12.9. The van der Waals surface area contributed by atoms with Crippen LogP contribution < -0.4 is 4.72 Å². The van der Waals surface area contributed by atoms with Gasteiger partial charge in [-0.2, -0.15) is 0 Å². The first-order valence-electron chi connectivity index (χ1n) is 8.66. The van der Waals surface area contributed by atoms with E-state index in [0.29, 0.717) is 16.3 Å². The molecule has 164 valence electrons. The van der Waals surface area contributed by atoms with Crippen LogP contribution in [0.4, 0.5) is 0 Å². The van der Waals surface area contributed by atoms with E-state index in [4.69, 9.17) is 62.7 Å². The Morgan fingerprint density at radius 1 is 1.10 bits per heavy atom. The van der Waals surface area contributed by atoms with Crippen molar-refractivity contribution in [3.63, 3.8) is 0 Å². The van der Waals surface area contributed by atoms with Crippen molar-refractivity contribution in [2.24, 2.45) is 0 Å². The predicted octanol–water partition coefficient (Wildman–Crippen LogP) is 6.45. The second kappa shape index (κ2) is 9.10. The first-order valence-corrected chi connectivity index (χ1v) is 12.4. The molecule has 1 aromatic rings. The lowest BCUT2D eigenvalue weighted by molar-refractivity contribution is -0.158. The summed E-state index contributed by atoms with van der Waals surface area (Å²) in [6, 6.07) is -0.564. The number of nitrogens with one attached hydrogen (secondary N) is 1. The molecule has 0 bridgehead atoms. The Kier molecular flexibility index (Phi) is 7.48. The van der Waals surface area contributed by atoms with Gasteiger partial charge in [0.1, 0.15) is 22.7 Å². The summed E-state index contributed by atoms with van der Waals surface area (Å²) >= 11 is 33.3. The molecular formula is C18H17Cl5N2O3S2. The Hall–Kier alpha value is 0.0100. The van der Waals surface area contributed by atoms with Crippen molar-refractivity contribution in [1.82, 2.24) is 9.62 Å². The average molecular weight is 551 g/mol. The van der Waals surface area contributed by atoms with Crippen LogP contribution in [0, 0.1) is 0 Å². The molecule has 1 aromatic carbocycles. The third-order valence-corrected chi connectivity index (χ3v) is 9.12.